The number of carbonyl (C=O) groups is 1. The summed E-state index contributed by atoms with van der Waals surface area (Å²) in [7, 11) is 0. The van der Waals surface area contributed by atoms with Gasteiger partial charge in [-0.05, 0) is 91.4 Å². The summed E-state index contributed by atoms with van der Waals surface area (Å²) in [6, 6.07) is 0. The van der Waals surface area contributed by atoms with Crippen molar-refractivity contribution in [1.29, 1.82) is 0 Å². The Hall–Kier alpha value is -0.930. The van der Waals surface area contributed by atoms with E-state index >= 15 is 0 Å². The fraction of sp³-hybridized carbons (Fsp3) is 0.971. The zero-order valence-electron chi connectivity index (χ0n) is 27.7. The van der Waals surface area contributed by atoms with Crippen LogP contribution in [0.3, 0.4) is 0 Å². The average molecular weight is 653 g/mol. The Labute approximate surface area is 270 Å². The zero-order valence-corrected chi connectivity index (χ0v) is 27.7. The number of hydrogen-bond acceptors (Lipinski definition) is 12. The molecule has 0 amide bonds. The van der Waals surface area contributed by atoms with Crippen molar-refractivity contribution in [2.75, 3.05) is 13.2 Å². The quantitative estimate of drug-likeness (QED) is 0.259. The number of ether oxygens (including phenoxy) is 7. The molecule has 12 heteroatoms. The lowest BCUT2D eigenvalue weighted by molar-refractivity contribution is -0.402. The van der Waals surface area contributed by atoms with Crippen LogP contribution in [0.1, 0.15) is 92.4 Å². The minimum Gasteiger partial charge on any atom is -0.465 e. The fourth-order valence-corrected chi connectivity index (χ4v) is 11.6. The molecule has 46 heavy (non-hydrogen) atoms. The molecule has 4 saturated heterocycles. The smallest absolute Gasteiger partial charge is 0.309 e. The molecule has 4 unspecified atom stereocenters. The van der Waals surface area contributed by atoms with Gasteiger partial charge in [-0.25, -0.2) is 0 Å². The van der Waals surface area contributed by atoms with E-state index in [9.17, 15) is 25.2 Å². The van der Waals surface area contributed by atoms with Gasteiger partial charge in [-0.3, -0.25) is 4.79 Å². The second-order valence-corrected chi connectivity index (χ2v) is 16.7. The van der Waals surface area contributed by atoms with E-state index in [1.807, 2.05) is 13.8 Å². The lowest BCUT2D eigenvalue weighted by Gasteiger charge is -2.69. The largest absolute Gasteiger partial charge is 0.465 e. The van der Waals surface area contributed by atoms with E-state index in [-0.39, 0.29) is 30.3 Å². The summed E-state index contributed by atoms with van der Waals surface area (Å²) in [6.07, 6.45) is -0.222. The number of fused-ring (bicyclic) bond motifs is 4. The first-order chi connectivity index (χ1) is 21.5. The number of esters is 1. The van der Waals surface area contributed by atoms with E-state index in [0.29, 0.717) is 64.4 Å². The summed E-state index contributed by atoms with van der Waals surface area (Å²) >= 11 is 0. The van der Waals surface area contributed by atoms with E-state index in [1.165, 1.54) is 0 Å². The molecule has 4 saturated carbocycles. The Kier molecular flexibility index (Phi) is 7.23. The minimum atomic E-state index is -1.40. The number of carbonyl (C=O) groups excluding carboxylic acids is 1. The van der Waals surface area contributed by atoms with Gasteiger partial charge in [-0.2, -0.15) is 0 Å². The normalized spacial score (nSPS) is 57.1. The molecule has 0 aromatic carbocycles. The third kappa shape index (κ3) is 4.37. The van der Waals surface area contributed by atoms with Crippen LogP contribution in [0.15, 0.2) is 0 Å². The first-order valence-electron chi connectivity index (χ1n) is 17.5. The standard InChI is InChI=1S/C34H52O12/c1-17-24(35)25-26(46-30(4,5)45-25)28(42-17)43-18-14-23-32(16-41-29(2,3)44-23)21-8-12-33(38)20(19-9-13-40-27(19)36)7-11-34(33,39)22(21)6-10-31(32,37)15-18/h17-26,28,35,37-39H,6-16H2,1-5H3/t17-,18?,19?,20+,21?,22?,23-,24-,25+,26+,28-,31+,32+,33+,34+/m1/s1. The fourth-order valence-electron chi connectivity index (χ4n) is 11.6. The second-order valence-electron chi connectivity index (χ2n) is 16.7. The Morgan fingerprint density at radius 1 is 0.826 bits per heavy atom. The van der Waals surface area contributed by atoms with Crippen molar-refractivity contribution in [2.24, 2.45) is 29.1 Å². The summed E-state index contributed by atoms with van der Waals surface area (Å²) < 4.78 is 43.4. The van der Waals surface area contributed by atoms with Crippen LogP contribution in [0.25, 0.3) is 0 Å². The van der Waals surface area contributed by atoms with Crippen molar-refractivity contribution in [3.05, 3.63) is 0 Å². The lowest BCUT2D eigenvalue weighted by atomic mass is 9.42. The third-order valence-corrected chi connectivity index (χ3v) is 13.6. The third-order valence-electron chi connectivity index (χ3n) is 13.6. The Morgan fingerprint density at radius 3 is 2.22 bits per heavy atom. The number of hydrogen-bond donors (Lipinski definition) is 4. The van der Waals surface area contributed by atoms with E-state index in [4.69, 9.17) is 33.2 Å². The van der Waals surface area contributed by atoms with Gasteiger partial charge < -0.3 is 53.6 Å². The highest BCUT2D eigenvalue weighted by molar-refractivity contribution is 5.74. The number of cyclic esters (lactones) is 1. The highest BCUT2D eigenvalue weighted by atomic mass is 16.8. The molecule has 0 aromatic heterocycles. The highest BCUT2D eigenvalue weighted by Gasteiger charge is 2.76. The zero-order chi connectivity index (χ0) is 32.7. The Bertz CT molecular complexity index is 1240. The van der Waals surface area contributed by atoms with Crippen LogP contribution in [-0.4, -0.2) is 111 Å². The van der Waals surface area contributed by atoms with E-state index < -0.39 is 82.6 Å². The van der Waals surface area contributed by atoms with Crippen LogP contribution in [0.2, 0.25) is 0 Å². The van der Waals surface area contributed by atoms with Gasteiger partial charge in [0.15, 0.2) is 17.9 Å². The molecule has 12 nitrogen and oxygen atoms in total. The van der Waals surface area contributed by atoms with Crippen LogP contribution >= 0.6 is 0 Å². The first kappa shape index (κ1) is 32.3. The van der Waals surface area contributed by atoms with E-state index in [2.05, 4.69) is 0 Å². The molecule has 8 fully saturated rings. The van der Waals surface area contributed by atoms with Gasteiger partial charge in [0.05, 0.1) is 59.7 Å². The van der Waals surface area contributed by atoms with Crippen molar-refractivity contribution >= 4 is 5.97 Å². The van der Waals surface area contributed by atoms with Crippen LogP contribution in [0.5, 0.6) is 0 Å². The van der Waals surface area contributed by atoms with Crippen molar-refractivity contribution in [1.82, 2.24) is 0 Å². The van der Waals surface area contributed by atoms with Crippen molar-refractivity contribution in [2.45, 2.75) is 164 Å². The second kappa shape index (κ2) is 10.3. The van der Waals surface area contributed by atoms with Gasteiger partial charge >= 0.3 is 5.97 Å². The minimum absolute atomic E-state index is 0.175. The molecule has 0 aromatic rings. The molecule has 0 bridgehead atoms. The lowest BCUT2D eigenvalue weighted by Crippen LogP contribution is -2.77. The van der Waals surface area contributed by atoms with E-state index in [1.54, 1.807) is 20.8 Å². The maximum Gasteiger partial charge on any atom is 0.309 e. The summed E-state index contributed by atoms with van der Waals surface area (Å²) in [5.74, 6) is -3.29. The molecule has 1 spiro atoms. The molecule has 8 aliphatic rings. The Morgan fingerprint density at radius 2 is 1.50 bits per heavy atom. The number of rotatable bonds is 3. The van der Waals surface area contributed by atoms with Gasteiger partial charge in [-0.1, -0.05) is 0 Å². The van der Waals surface area contributed by atoms with Crippen LogP contribution in [0, 0.1) is 29.1 Å². The summed E-state index contributed by atoms with van der Waals surface area (Å²) in [5, 5.41) is 48.5. The van der Waals surface area contributed by atoms with Crippen LogP contribution < -0.4 is 0 Å². The molecule has 4 N–H and O–H groups in total. The molecule has 8 rings (SSSR count). The van der Waals surface area contributed by atoms with Crippen LogP contribution in [-0.2, 0) is 38.0 Å². The monoisotopic (exact) mass is 652 g/mol. The molecule has 15 atom stereocenters. The Balaban J connectivity index is 1.09. The van der Waals surface area contributed by atoms with Gasteiger partial charge in [0.25, 0.3) is 0 Å². The predicted octanol–water partition coefficient (Wildman–Crippen LogP) is 1.92. The number of aliphatic hydroxyl groups excluding tert-OH is 1. The van der Waals surface area contributed by atoms with Crippen LogP contribution in [0.4, 0.5) is 0 Å². The SMILES string of the molecule is C[C@H]1O[C@H](OC2C[C@H]3OC(C)(C)OC[C@]34C3CC[C@]5(O)[C@H](C6CCOC6=O)CC[C@]5(O)C3CC[C@]4(O)C2)[C@H]2OC(C)(C)O[C@H]2[C@@H]1O. The maximum atomic E-state index is 12.8. The average Bonchev–Trinajstić information content (AvgIpc) is 3.62. The predicted molar refractivity (Wildman–Crippen MR) is 158 cm³/mol. The number of aliphatic hydroxyl groups is 4. The first-order valence-corrected chi connectivity index (χ1v) is 17.5. The van der Waals surface area contributed by atoms with Crippen molar-refractivity contribution in [3.63, 3.8) is 0 Å². The maximum absolute atomic E-state index is 12.8. The summed E-state index contributed by atoms with van der Waals surface area (Å²) in [5.41, 5.74) is -4.85. The highest BCUT2D eigenvalue weighted by Crippen LogP contribution is 2.70. The van der Waals surface area contributed by atoms with Gasteiger partial charge in [0.2, 0.25) is 0 Å². The molecule has 4 heterocycles. The summed E-state index contributed by atoms with van der Waals surface area (Å²) in [6.45, 7) is 9.77. The molecule has 260 valence electrons. The molecule has 4 aliphatic heterocycles. The topological polar surface area (TPSA) is 163 Å². The van der Waals surface area contributed by atoms with Gasteiger partial charge in [0.1, 0.15) is 18.3 Å². The molecule has 0 radical (unpaired) electrons. The van der Waals surface area contributed by atoms with Gasteiger partial charge in [0, 0.05) is 18.8 Å². The molecule has 4 aliphatic carbocycles. The molecular formula is C34H52O12. The van der Waals surface area contributed by atoms with Crippen molar-refractivity contribution in [3.8, 4) is 0 Å². The van der Waals surface area contributed by atoms with Gasteiger partial charge in [-0.15, -0.1) is 0 Å². The van der Waals surface area contributed by atoms with Crippen molar-refractivity contribution < 1.29 is 58.4 Å². The summed E-state index contributed by atoms with van der Waals surface area (Å²) in [4.78, 5) is 12.6. The van der Waals surface area contributed by atoms with E-state index in [0.717, 1.165) is 0 Å². The molecular weight excluding hydrogens is 600 g/mol.